The number of carbonyl (C=O) groups is 1. The minimum Gasteiger partial charge on any atom is -0.478 e. The molecule has 1 aromatic carbocycles. The molecule has 2 aliphatic carbocycles. The fourth-order valence-corrected chi connectivity index (χ4v) is 5.32. The van der Waals surface area contributed by atoms with Crippen molar-refractivity contribution >= 4 is 5.97 Å². The molecular formula is C27H38O3. The molecule has 3 nitrogen and oxygen atoms in total. The molecule has 0 radical (unpaired) electrons. The summed E-state index contributed by atoms with van der Waals surface area (Å²) >= 11 is 0. The van der Waals surface area contributed by atoms with Crippen molar-refractivity contribution in [2.45, 2.75) is 77.6 Å². The molecule has 1 N–H and O–H groups in total. The molecule has 0 heterocycles. The van der Waals surface area contributed by atoms with Crippen LogP contribution in [0.25, 0.3) is 0 Å². The van der Waals surface area contributed by atoms with Crippen LogP contribution in [-0.2, 0) is 25.8 Å². The van der Waals surface area contributed by atoms with Gasteiger partial charge in [-0.15, -0.1) is 0 Å². The van der Waals surface area contributed by atoms with Crippen LogP contribution in [0, 0.1) is 11.8 Å². The van der Waals surface area contributed by atoms with E-state index in [0.717, 1.165) is 12.2 Å². The zero-order valence-corrected chi connectivity index (χ0v) is 19.7. The van der Waals surface area contributed by atoms with Crippen LogP contribution in [0.4, 0.5) is 0 Å². The molecule has 0 bridgehead atoms. The van der Waals surface area contributed by atoms with E-state index in [4.69, 9.17) is 9.84 Å². The highest BCUT2D eigenvalue weighted by atomic mass is 16.5. The first-order valence-corrected chi connectivity index (χ1v) is 11.3. The monoisotopic (exact) mass is 410 g/mol. The van der Waals surface area contributed by atoms with E-state index in [0.29, 0.717) is 18.4 Å². The summed E-state index contributed by atoms with van der Waals surface area (Å²) < 4.78 is 5.82. The lowest BCUT2D eigenvalue weighted by Crippen LogP contribution is -2.34. The Morgan fingerprint density at radius 1 is 1.13 bits per heavy atom. The van der Waals surface area contributed by atoms with Crippen LogP contribution in [0.1, 0.15) is 78.0 Å². The lowest BCUT2D eigenvalue weighted by molar-refractivity contribution is -0.131. The van der Waals surface area contributed by atoms with E-state index in [2.05, 4.69) is 58.9 Å². The van der Waals surface area contributed by atoms with E-state index in [1.165, 1.54) is 35.6 Å². The molecule has 164 valence electrons. The third-order valence-corrected chi connectivity index (χ3v) is 7.68. The fraction of sp³-hybridized carbons (Fsp3) is 0.593. The molecule has 1 fully saturated rings. The molecule has 0 unspecified atom stereocenters. The summed E-state index contributed by atoms with van der Waals surface area (Å²) in [6.45, 7) is 17.1. The van der Waals surface area contributed by atoms with Gasteiger partial charge < -0.3 is 9.84 Å². The Labute approximate surface area is 182 Å². The van der Waals surface area contributed by atoms with Crippen molar-refractivity contribution in [3.05, 3.63) is 58.7 Å². The van der Waals surface area contributed by atoms with Crippen molar-refractivity contribution < 1.29 is 14.6 Å². The number of allylic oxidation sites excluding steroid dienone is 3. The molecule has 3 heteroatoms. The highest BCUT2D eigenvalue weighted by Crippen LogP contribution is 2.61. The number of fused-ring (bicyclic) bond motifs is 1. The standard InChI is InChI=1S/C27H38O3/c1-8-30-17-23-21(11-9-18(2)15-24(28)29)27(23,7)19-10-12-20-22(16-19)26(5,6)14-13-25(20,3)4/h9-12,15-16,21,23H,8,13-14,17H2,1-7H3,(H,28,29)/b11-9+,18-15+/t21-,23-,27-/m1/s1. The van der Waals surface area contributed by atoms with Gasteiger partial charge in [0.25, 0.3) is 0 Å². The molecule has 3 rings (SSSR count). The van der Waals surface area contributed by atoms with Crippen molar-refractivity contribution in [1.29, 1.82) is 0 Å². The van der Waals surface area contributed by atoms with E-state index in [-0.39, 0.29) is 16.2 Å². The van der Waals surface area contributed by atoms with Crippen molar-refractivity contribution in [2.24, 2.45) is 11.8 Å². The Morgan fingerprint density at radius 2 is 1.77 bits per heavy atom. The van der Waals surface area contributed by atoms with Gasteiger partial charge in [-0.3, -0.25) is 0 Å². The minimum atomic E-state index is -0.902. The maximum Gasteiger partial charge on any atom is 0.328 e. The number of carboxylic acids is 1. The molecule has 30 heavy (non-hydrogen) atoms. The van der Waals surface area contributed by atoms with Crippen LogP contribution in [-0.4, -0.2) is 24.3 Å². The van der Waals surface area contributed by atoms with E-state index in [1.54, 1.807) is 0 Å². The molecule has 1 saturated carbocycles. The van der Waals surface area contributed by atoms with E-state index in [9.17, 15) is 4.79 Å². The van der Waals surface area contributed by atoms with Gasteiger partial charge in [0.05, 0.1) is 6.61 Å². The molecule has 2 aliphatic rings. The SMILES string of the molecule is CCOC[C@@H]1[C@@H](/C=C/C(C)=C/C(=O)O)[C@@]1(C)c1ccc2c(c1)C(C)(C)CCC2(C)C. The first-order chi connectivity index (χ1) is 13.9. The number of hydrogen-bond donors (Lipinski definition) is 1. The predicted molar refractivity (Wildman–Crippen MR) is 123 cm³/mol. The van der Waals surface area contributed by atoms with Crippen molar-refractivity contribution in [1.82, 2.24) is 0 Å². The van der Waals surface area contributed by atoms with Crippen LogP contribution in [0.15, 0.2) is 42.0 Å². The van der Waals surface area contributed by atoms with Gasteiger partial charge in [0.15, 0.2) is 0 Å². The van der Waals surface area contributed by atoms with E-state index < -0.39 is 5.97 Å². The number of carboxylic acid groups (broad SMARTS) is 1. The van der Waals surface area contributed by atoms with Gasteiger partial charge in [0, 0.05) is 18.1 Å². The zero-order valence-electron chi connectivity index (χ0n) is 19.7. The second-order valence-corrected chi connectivity index (χ2v) is 10.7. The van der Waals surface area contributed by atoms with E-state index >= 15 is 0 Å². The number of benzene rings is 1. The molecular weight excluding hydrogens is 372 g/mol. The first-order valence-electron chi connectivity index (χ1n) is 11.3. The summed E-state index contributed by atoms with van der Waals surface area (Å²) in [7, 11) is 0. The molecule has 0 amide bonds. The van der Waals surface area contributed by atoms with Gasteiger partial charge in [0.1, 0.15) is 0 Å². The van der Waals surface area contributed by atoms with Crippen LogP contribution in [0.2, 0.25) is 0 Å². The molecule has 1 aromatic rings. The maximum atomic E-state index is 10.9. The third kappa shape index (κ3) is 4.14. The van der Waals surface area contributed by atoms with Crippen LogP contribution >= 0.6 is 0 Å². The maximum absolute atomic E-state index is 10.9. The van der Waals surface area contributed by atoms with Crippen molar-refractivity contribution in [3.63, 3.8) is 0 Å². The number of rotatable bonds is 7. The summed E-state index contributed by atoms with van der Waals surface area (Å²) in [5, 5.41) is 8.99. The van der Waals surface area contributed by atoms with Gasteiger partial charge >= 0.3 is 5.97 Å². The third-order valence-electron chi connectivity index (χ3n) is 7.68. The molecule has 0 aromatic heterocycles. The minimum absolute atomic E-state index is 0.0157. The summed E-state index contributed by atoms with van der Waals surface area (Å²) in [4.78, 5) is 10.9. The second kappa shape index (κ2) is 8.00. The normalized spacial score (nSPS) is 29.6. The average molecular weight is 411 g/mol. The lowest BCUT2D eigenvalue weighted by atomic mass is 9.62. The fourth-order valence-electron chi connectivity index (χ4n) is 5.32. The van der Waals surface area contributed by atoms with Crippen molar-refractivity contribution in [3.8, 4) is 0 Å². The number of aliphatic carboxylic acids is 1. The Morgan fingerprint density at radius 3 is 2.37 bits per heavy atom. The summed E-state index contributed by atoms with van der Waals surface area (Å²) in [6, 6.07) is 7.15. The highest BCUT2D eigenvalue weighted by molar-refractivity contribution is 5.81. The van der Waals surface area contributed by atoms with Gasteiger partial charge in [-0.1, -0.05) is 65.0 Å². The smallest absolute Gasteiger partial charge is 0.328 e. The van der Waals surface area contributed by atoms with Crippen molar-refractivity contribution in [2.75, 3.05) is 13.2 Å². The van der Waals surface area contributed by atoms with Gasteiger partial charge in [-0.2, -0.15) is 0 Å². The van der Waals surface area contributed by atoms with Gasteiger partial charge in [-0.05, 0) is 71.6 Å². The summed E-state index contributed by atoms with van der Waals surface area (Å²) in [5.74, 6) is -0.149. The molecule has 3 atom stereocenters. The average Bonchev–Trinajstić information content (AvgIpc) is 3.25. The van der Waals surface area contributed by atoms with Crippen LogP contribution in [0.5, 0.6) is 0 Å². The Kier molecular flexibility index (Phi) is 6.08. The highest BCUT2D eigenvalue weighted by Gasteiger charge is 2.60. The Hall–Kier alpha value is -1.87. The summed E-state index contributed by atoms with van der Waals surface area (Å²) in [5.41, 5.74) is 5.54. The largest absolute Gasteiger partial charge is 0.478 e. The topological polar surface area (TPSA) is 46.5 Å². The van der Waals surface area contributed by atoms with E-state index in [1.807, 2.05) is 19.9 Å². The Bertz CT molecular complexity index is 874. The van der Waals surface area contributed by atoms with Crippen LogP contribution in [0.3, 0.4) is 0 Å². The summed E-state index contributed by atoms with van der Waals surface area (Å²) in [6.07, 6.45) is 7.83. The lowest BCUT2D eigenvalue weighted by Gasteiger charge is -2.42. The predicted octanol–water partition coefficient (Wildman–Crippen LogP) is 6.16. The van der Waals surface area contributed by atoms with Gasteiger partial charge in [0.2, 0.25) is 0 Å². The quantitative estimate of drug-likeness (QED) is 0.432. The molecule has 0 saturated heterocycles. The Balaban J connectivity index is 1.97. The number of hydrogen-bond acceptors (Lipinski definition) is 2. The van der Waals surface area contributed by atoms with Crippen LogP contribution < -0.4 is 0 Å². The number of ether oxygens (including phenoxy) is 1. The first kappa shape index (κ1) is 22.8. The zero-order chi connectivity index (χ0) is 22.3. The molecule has 0 aliphatic heterocycles. The van der Waals surface area contributed by atoms with Gasteiger partial charge in [-0.25, -0.2) is 4.79 Å². The molecule has 0 spiro atoms. The second-order valence-electron chi connectivity index (χ2n) is 10.7.